The van der Waals surface area contributed by atoms with E-state index in [4.69, 9.17) is 10.5 Å². The lowest BCUT2D eigenvalue weighted by molar-refractivity contribution is 0.417. The highest BCUT2D eigenvalue weighted by atomic mass is 16.5. The van der Waals surface area contributed by atoms with Crippen molar-refractivity contribution in [2.45, 2.75) is 0 Å². The zero-order valence-corrected chi connectivity index (χ0v) is 13.5. The monoisotopic (exact) mass is 332 g/mol. The Balaban J connectivity index is 1.72. The molecule has 0 amide bonds. The molecule has 0 radical (unpaired) electrons. The third kappa shape index (κ3) is 2.83. The normalized spacial score (nSPS) is 10.8. The summed E-state index contributed by atoms with van der Waals surface area (Å²) in [5.41, 5.74) is 9.77. The molecule has 0 aliphatic carbocycles. The molecule has 1 aromatic carbocycles. The minimum atomic E-state index is 0.458. The van der Waals surface area contributed by atoms with Gasteiger partial charge >= 0.3 is 0 Å². The number of hydrogen-bond donors (Lipinski definition) is 3. The Morgan fingerprint density at radius 3 is 2.92 bits per heavy atom. The van der Waals surface area contributed by atoms with Crippen molar-refractivity contribution in [1.29, 1.82) is 0 Å². The van der Waals surface area contributed by atoms with Crippen LogP contribution in [-0.2, 0) is 0 Å². The molecule has 7 nitrogen and oxygen atoms in total. The summed E-state index contributed by atoms with van der Waals surface area (Å²) >= 11 is 0. The van der Waals surface area contributed by atoms with E-state index in [1.807, 2.05) is 24.4 Å². The highest BCUT2D eigenvalue weighted by Gasteiger charge is 2.10. The molecule has 0 bridgehead atoms. The van der Waals surface area contributed by atoms with Crippen LogP contribution >= 0.6 is 0 Å². The van der Waals surface area contributed by atoms with E-state index in [0.29, 0.717) is 23.1 Å². The number of fused-ring (bicyclic) bond motifs is 1. The van der Waals surface area contributed by atoms with Crippen molar-refractivity contribution in [2.24, 2.45) is 0 Å². The summed E-state index contributed by atoms with van der Waals surface area (Å²) < 4.78 is 5.35. The third-order valence-electron chi connectivity index (χ3n) is 3.85. The van der Waals surface area contributed by atoms with Gasteiger partial charge in [0.05, 0.1) is 18.5 Å². The van der Waals surface area contributed by atoms with Gasteiger partial charge in [-0.15, -0.1) is 0 Å². The molecular formula is C18H16N6O. The molecule has 4 rings (SSSR count). The number of nitrogens with one attached hydrogen (secondary N) is 2. The molecule has 0 atom stereocenters. The minimum absolute atomic E-state index is 0.458. The molecule has 25 heavy (non-hydrogen) atoms. The molecule has 0 saturated carbocycles. The Morgan fingerprint density at radius 2 is 2.04 bits per heavy atom. The number of rotatable bonds is 4. The number of ether oxygens (including phenoxy) is 1. The Bertz CT molecular complexity index is 1040. The van der Waals surface area contributed by atoms with Gasteiger partial charge in [-0.2, -0.15) is 0 Å². The quantitative estimate of drug-likeness (QED) is 0.495. The van der Waals surface area contributed by atoms with Gasteiger partial charge in [0.2, 0.25) is 5.95 Å². The molecule has 124 valence electrons. The second kappa shape index (κ2) is 6.12. The maximum Gasteiger partial charge on any atom is 0.227 e. The molecule has 0 fully saturated rings. The number of anilines is 3. The largest absolute Gasteiger partial charge is 0.495 e. The summed E-state index contributed by atoms with van der Waals surface area (Å²) in [5, 5.41) is 4.17. The van der Waals surface area contributed by atoms with E-state index in [2.05, 4.69) is 25.3 Å². The smallest absolute Gasteiger partial charge is 0.227 e. The summed E-state index contributed by atoms with van der Waals surface area (Å²) in [6, 6.07) is 11.1. The molecule has 4 aromatic rings. The van der Waals surface area contributed by atoms with Crippen molar-refractivity contribution in [3.05, 3.63) is 55.0 Å². The van der Waals surface area contributed by atoms with Gasteiger partial charge < -0.3 is 20.8 Å². The van der Waals surface area contributed by atoms with E-state index in [0.717, 1.165) is 22.3 Å². The summed E-state index contributed by atoms with van der Waals surface area (Å²) in [5.74, 6) is 1.12. The van der Waals surface area contributed by atoms with Gasteiger partial charge in [0.25, 0.3) is 0 Å². The number of pyridine rings is 1. The van der Waals surface area contributed by atoms with Crippen molar-refractivity contribution in [2.75, 3.05) is 18.2 Å². The van der Waals surface area contributed by atoms with Crippen LogP contribution in [0, 0.1) is 0 Å². The van der Waals surface area contributed by atoms with Crippen molar-refractivity contribution < 1.29 is 4.74 Å². The summed E-state index contributed by atoms with van der Waals surface area (Å²) in [7, 11) is 1.60. The van der Waals surface area contributed by atoms with Crippen molar-refractivity contribution in [3.63, 3.8) is 0 Å². The number of H-pyrrole nitrogens is 1. The van der Waals surface area contributed by atoms with Gasteiger partial charge in [-0.25, -0.2) is 15.0 Å². The Kier molecular flexibility index (Phi) is 3.66. The predicted octanol–water partition coefficient (Wildman–Crippen LogP) is 3.35. The first-order valence-electron chi connectivity index (χ1n) is 7.70. The van der Waals surface area contributed by atoms with E-state index >= 15 is 0 Å². The number of hydrogen-bond acceptors (Lipinski definition) is 6. The van der Waals surface area contributed by atoms with Gasteiger partial charge in [0.1, 0.15) is 11.4 Å². The van der Waals surface area contributed by atoms with E-state index in [9.17, 15) is 0 Å². The Morgan fingerprint density at radius 1 is 1.12 bits per heavy atom. The average molecular weight is 332 g/mol. The fourth-order valence-corrected chi connectivity index (χ4v) is 2.68. The Labute approximate surface area is 143 Å². The predicted molar refractivity (Wildman–Crippen MR) is 97.8 cm³/mol. The summed E-state index contributed by atoms with van der Waals surface area (Å²) in [6.07, 6.45) is 5.35. The lowest BCUT2D eigenvalue weighted by Gasteiger charge is -2.11. The third-order valence-corrected chi connectivity index (χ3v) is 3.85. The molecule has 0 aliphatic rings. The van der Waals surface area contributed by atoms with Crippen LogP contribution in [0.25, 0.3) is 22.3 Å². The number of nitrogens with zero attached hydrogens (tertiary/aromatic N) is 3. The number of benzene rings is 1. The number of aromatic nitrogens is 4. The van der Waals surface area contributed by atoms with Crippen LogP contribution in [0.4, 0.5) is 17.3 Å². The molecule has 0 saturated heterocycles. The molecule has 0 unspecified atom stereocenters. The Hall–Kier alpha value is -3.61. The van der Waals surface area contributed by atoms with Crippen LogP contribution < -0.4 is 15.8 Å². The van der Waals surface area contributed by atoms with Crippen LogP contribution in [0.15, 0.2) is 55.0 Å². The summed E-state index contributed by atoms with van der Waals surface area (Å²) in [4.78, 5) is 16.3. The van der Waals surface area contributed by atoms with Gasteiger partial charge in [0.15, 0.2) is 0 Å². The van der Waals surface area contributed by atoms with E-state index in [-0.39, 0.29) is 0 Å². The average Bonchev–Trinajstić information content (AvgIpc) is 3.06. The number of nitrogens with two attached hydrogens (primary N) is 1. The SMILES string of the molecule is COc1ccc(N)cc1Nc1nccc(-c2c[nH]c3ncccc23)n1. The topological polar surface area (TPSA) is 102 Å². The first-order chi connectivity index (χ1) is 12.2. The fraction of sp³-hybridized carbons (Fsp3) is 0.0556. The van der Waals surface area contributed by atoms with E-state index in [1.54, 1.807) is 37.7 Å². The highest BCUT2D eigenvalue weighted by molar-refractivity contribution is 5.92. The highest BCUT2D eigenvalue weighted by Crippen LogP contribution is 2.30. The van der Waals surface area contributed by atoms with E-state index in [1.165, 1.54) is 0 Å². The van der Waals surface area contributed by atoms with Gasteiger partial charge in [-0.1, -0.05) is 0 Å². The second-order valence-electron chi connectivity index (χ2n) is 5.45. The summed E-state index contributed by atoms with van der Waals surface area (Å²) in [6.45, 7) is 0. The maximum absolute atomic E-state index is 5.86. The fourth-order valence-electron chi connectivity index (χ4n) is 2.68. The van der Waals surface area contributed by atoms with Crippen molar-refractivity contribution >= 4 is 28.4 Å². The molecular weight excluding hydrogens is 316 g/mol. The van der Waals surface area contributed by atoms with Crippen LogP contribution in [0.2, 0.25) is 0 Å². The number of nitrogen functional groups attached to an aromatic ring is 1. The first kappa shape index (κ1) is 14.9. The van der Waals surface area contributed by atoms with Crippen LogP contribution in [-0.4, -0.2) is 27.0 Å². The molecule has 3 heterocycles. The van der Waals surface area contributed by atoms with Gasteiger partial charge in [-0.3, -0.25) is 0 Å². The maximum atomic E-state index is 5.86. The van der Waals surface area contributed by atoms with Crippen LogP contribution in [0.3, 0.4) is 0 Å². The molecule has 4 N–H and O–H groups in total. The molecule has 0 spiro atoms. The number of methoxy groups -OCH3 is 1. The number of aromatic amines is 1. The molecule has 3 aromatic heterocycles. The zero-order valence-electron chi connectivity index (χ0n) is 13.5. The zero-order chi connectivity index (χ0) is 17.2. The molecule has 0 aliphatic heterocycles. The van der Waals surface area contributed by atoms with E-state index < -0.39 is 0 Å². The van der Waals surface area contributed by atoms with Crippen molar-refractivity contribution in [3.8, 4) is 17.0 Å². The molecule has 7 heteroatoms. The standard InChI is InChI=1S/C18H16N6O/c1-25-16-5-4-11(19)9-15(16)24-18-21-8-6-14(23-18)13-10-22-17-12(13)3-2-7-20-17/h2-10H,19H2,1H3,(H,20,22)(H,21,23,24). The van der Waals surface area contributed by atoms with Crippen molar-refractivity contribution in [1.82, 2.24) is 19.9 Å². The lowest BCUT2D eigenvalue weighted by Crippen LogP contribution is -2.00. The second-order valence-corrected chi connectivity index (χ2v) is 5.45. The van der Waals surface area contributed by atoms with Gasteiger partial charge in [0, 0.05) is 35.2 Å². The van der Waals surface area contributed by atoms with Gasteiger partial charge in [-0.05, 0) is 36.4 Å². The van der Waals surface area contributed by atoms with Crippen LogP contribution in [0.5, 0.6) is 5.75 Å². The van der Waals surface area contributed by atoms with Crippen LogP contribution in [0.1, 0.15) is 0 Å². The lowest BCUT2D eigenvalue weighted by atomic mass is 10.1. The first-order valence-corrected chi connectivity index (χ1v) is 7.70. The minimum Gasteiger partial charge on any atom is -0.495 e.